The van der Waals surface area contributed by atoms with Crippen molar-refractivity contribution in [3.8, 4) is 12.5 Å². The van der Waals surface area contributed by atoms with Crippen LogP contribution in [-0.4, -0.2) is 15.8 Å². The molecule has 1 saturated carbocycles. The molecule has 1 aliphatic rings. The molecule has 0 radical (unpaired) electrons. The van der Waals surface area contributed by atoms with Gasteiger partial charge in [0.15, 0.2) is 23.3 Å². The number of ether oxygens (including phenoxy) is 1. The van der Waals surface area contributed by atoms with E-state index in [-0.39, 0.29) is 31.3 Å². The summed E-state index contributed by atoms with van der Waals surface area (Å²) in [5.41, 5.74) is -1.01. The van der Waals surface area contributed by atoms with Crippen LogP contribution in [-0.2, 0) is 16.1 Å². The zero-order valence-corrected chi connectivity index (χ0v) is 15.3. The summed E-state index contributed by atoms with van der Waals surface area (Å²) in [6.45, 7) is -0.190. The van der Waals surface area contributed by atoms with Crippen LogP contribution in [0.15, 0.2) is 29.2 Å². The molecule has 10 heteroatoms. The molecule has 0 heterocycles. The Labute approximate surface area is 165 Å². The molecule has 2 aromatic carbocycles. The second kappa shape index (κ2) is 8.00. The number of esters is 1. The zero-order chi connectivity index (χ0) is 21.3. The van der Waals surface area contributed by atoms with E-state index in [9.17, 15) is 31.1 Å². The minimum Gasteiger partial charge on any atom is -0.371 e. The van der Waals surface area contributed by atoms with E-state index in [2.05, 4.69) is 4.74 Å². The lowest BCUT2D eigenvalue weighted by molar-refractivity contribution is -0.142. The Morgan fingerprint density at radius 2 is 1.52 bits per heavy atom. The SMILES string of the molecule is C#COC(=O)C1(N(Cc2ccc(F)cc2)Sc2c(F)c(F)c(F)c(F)c2F)CC1. The molecule has 2 aromatic rings. The number of nitrogens with zero attached hydrogens (tertiary/aromatic N) is 1. The van der Waals surface area contributed by atoms with Crippen molar-refractivity contribution < 1.29 is 35.9 Å². The van der Waals surface area contributed by atoms with E-state index in [0.29, 0.717) is 5.56 Å². The number of rotatable bonds is 6. The number of hydrogen-bond donors (Lipinski definition) is 0. The first-order valence-corrected chi connectivity index (χ1v) is 8.87. The van der Waals surface area contributed by atoms with Gasteiger partial charge in [-0.2, -0.15) is 0 Å². The second-order valence-corrected chi connectivity index (χ2v) is 7.22. The number of carbonyl (C=O) groups excluding carboxylic acids is 1. The van der Waals surface area contributed by atoms with Gasteiger partial charge in [0, 0.05) is 6.54 Å². The highest BCUT2D eigenvalue weighted by Gasteiger charge is 2.57. The number of terminal acetylenes is 1. The van der Waals surface area contributed by atoms with Crippen LogP contribution in [0.1, 0.15) is 18.4 Å². The van der Waals surface area contributed by atoms with Crippen LogP contribution in [0.2, 0.25) is 0 Å². The molecule has 3 rings (SSSR count). The van der Waals surface area contributed by atoms with E-state index in [0.717, 1.165) is 16.4 Å². The second-order valence-electron chi connectivity index (χ2n) is 6.19. The minimum atomic E-state index is -2.29. The van der Waals surface area contributed by atoms with Gasteiger partial charge in [0.05, 0.1) is 0 Å². The summed E-state index contributed by atoms with van der Waals surface area (Å²) in [4.78, 5) is 11.1. The van der Waals surface area contributed by atoms with Gasteiger partial charge in [0.1, 0.15) is 22.4 Å². The topological polar surface area (TPSA) is 29.5 Å². The van der Waals surface area contributed by atoms with Crippen molar-refractivity contribution in [2.45, 2.75) is 29.8 Å². The summed E-state index contributed by atoms with van der Waals surface area (Å²) >= 11 is 0.175. The molecule has 0 aliphatic heterocycles. The van der Waals surface area contributed by atoms with Gasteiger partial charge >= 0.3 is 5.97 Å². The first-order chi connectivity index (χ1) is 13.7. The Hall–Kier alpha value is -2.64. The van der Waals surface area contributed by atoms with Crippen molar-refractivity contribution in [3.05, 3.63) is 64.7 Å². The van der Waals surface area contributed by atoms with Gasteiger partial charge in [-0.1, -0.05) is 18.6 Å². The van der Waals surface area contributed by atoms with Crippen LogP contribution in [0.3, 0.4) is 0 Å². The smallest absolute Gasteiger partial charge is 0.341 e. The van der Waals surface area contributed by atoms with E-state index in [4.69, 9.17) is 6.42 Å². The fourth-order valence-electron chi connectivity index (χ4n) is 2.62. The van der Waals surface area contributed by atoms with E-state index < -0.39 is 51.3 Å². The first-order valence-electron chi connectivity index (χ1n) is 8.09. The van der Waals surface area contributed by atoms with E-state index in [1.807, 2.05) is 0 Å². The van der Waals surface area contributed by atoms with Gasteiger partial charge in [-0.25, -0.2) is 35.4 Å². The minimum absolute atomic E-state index is 0.175. The summed E-state index contributed by atoms with van der Waals surface area (Å²) < 4.78 is 87.5. The fourth-order valence-corrected chi connectivity index (χ4v) is 3.83. The van der Waals surface area contributed by atoms with Crippen LogP contribution in [0.5, 0.6) is 0 Å². The maximum absolute atomic E-state index is 14.1. The van der Waals surface area contributed by atoms with Crippen molar-refractivity contribution in [3.63, 3.8) is 0 Å². The molecule has 1 aliphatic carbocycles. The third-order valence-corrected chi connectivity index (χ3v) is 5.58. The highest BCUT2D eigenvalue weighted by Crippen LogP contribution is 2.49. The van der Waals surface area contributed by atoms with Crippen LogP contribution < -0.4 is 0 Å². The van der Waals surface area contributed by atoms with Gasteiger partial charge in [0.2, 0.25) is 5.82 Å². The normalized spacial score (nSPS) is 14.6. The van der Waals surface area contributed by atoms with Crippen molar-refractivity contribution in [2.75, 3.05) is 0 Å². The molecule has 0 spiro atoms. The molecule has 0 saturated heterocycles. The molecule has 0 aromatic heterocycles. The molecular formula is C19H11F6NO2S. The Bertz CT molecular complexity index is 972. The van der Waals surface area contributed by atoms with Crippen LogP contribution in [0.25, 0.3) is 0 Å². The predicted octanol–water partition coefficient (Wildman–Crippen LogP) is 4.70. The Kier molecular flexibility index (Phi) is 5.82. The average molecular weight is 431 g/mol. The van der Waals surface area contributed by atoms with Crippen LogP contribution in [0.4, 0.5) is 26.3 Å². The summed E-state index contributed by atoms with van der Waals surface area (Å²) in [5, 5.41) is 0. The summed E-state index contributed by atoms with van der Waals surface area (Å²) in [6.07, 6.45) is 7.01. The molecule has 0 N–H and O–H groups in total. The number of hydrogen-bond acceptors (Lipinski definition) is 4. The summed E-state index contributed by atoms with van der Waals surface area (Å²) in [6, 6.07) is 4.94. The Morgan fingerprint density at radius 1 is 1.00 bits per heavy atom. The maximum atomic E-state index is 14.1. The average Bonchev–Trinajstić information content (AvgIpc) is 3.51. The molecule has 29 heavy (non-hydrogen) atoms. The lowest BCUT2D eigenvalue weighted by atomic mass is 10.2. The first kappa shape index (κ1) is 21.1. The third kappa shape index (κ3) is 3.93. The lowest BCUT2D eigenvalue weighted by Gasteiger charge is -2.28. The van der Waals surface area contributed by atoms with E-state index in [1.54, 1.807) is 6.11 Å². The van der Waals surface area contributed by atoms with Crippen molar-refractivity contribution in [2.24, 2.45) is 0 Å². The van der Waals surface area contributed by atoms with Crippen molar-refractivity contribution in [1.82, 2.24) is 4.31 Å². The Balaban J connectivity index is 2.02. The lowest BCUT2D eigenvalue weighted by Crippen LogP contribution is -2.39. The van der Waals surface area contributed by atoms with E-state index >= 15 is 0 Å². The highest BCUT2D eigenvalue weighted by molar-refractivity contribution is 7.97. The van der Waals surface area contributed by atoms with Gasteiger partial charge in [-0.3, -0.25) is 0 Å². The molecule has 3 nitrogen and oxygen atoms in total. The monoisotopic (exact) mass is 431 g/mol. The summed E-state index contributed by atoms with van der Waals surface area (Å²) in [7, 11) is 0. The van der Waals surface area contributed by atoms with Crippen LogP contribution in [0, 0.1) is 47.4 Å². The predicted molar refractivity (Wildman–Crippen MR) is 90.9 cm³/mol. The van der Waals surface area contributed by atoms with Crippen molar-refractivity contribution in [1.29, 1.82) is 0 Å². The molecule has 0 bridgehead atoms. The van der Waals surface area contributed by atoms with Crippen molar-refractivity contribution >= 4 is 17.9 Å². The standard InChI is InChI=1S/C19H11F6NO2S/c1-2-28-18(27)19(7-8-19)26(9-10-3-5-11(20)6-4-10)29-17-15(24)13(22)12(21)14(23)16(17)25/h1,3-6H,7-9H2. The van der Waals surface area contributed by atoms with Gasteiger partial charge in [0.25, 0.3) is 0 Å². The highest BCUT2D eigenvalue weighted by atomic mass is 32.2. The maximum Gasteiger partial charge on any atom is 0.341 e. The Morgan fingerprint density at radius 3 is 2.00 bits per heavy atom. The quantitative estimate of drug-likeness (QED) is 0.166. The molecule has 0 atom stereocenters. The van der Waals surface area contributed by atoms with Gasteiger partial charge in [-0.05, 0) is 42.5 Å². The molecule has 152 valence electrons. The molecule has 0 unspecified atom stereocenters. The zero-order valence-electron chi connectivity index (χ0n) is 14.4. The third-order valence-electron chi connectivity index (χ3n) is 4.34. The van der Waals surface area contributed by atoms with Crippen LogP contribution >= 0.6 is 11.9 Å². The molecular weight excluding hydrogens is 420 g/mol. The van der Waals surface area contributed by atoms with Gasteiger partial charge in [-0.15, -0.1) is 0 Å². The number of carbonyl (C=O) groups is 1. The molecule has 0 amide bonds. The number of halogens is 6. The summed E-state index contributed by atoms with van der Waals surface area (Å²) in [5.74, 6) is -12.0. The largest absolute Gasteiger partial charge is 0.371 e. The fraction of sp³-hybridized carbons (Fsp3) is 0.211. The van der Waals surface area contributed by atoms with E-state index in [1.165, 1.54) is 12.1 Å². The number of benzene rings is 2. The molecule has 1 fully saturated rings. The van der Waals surface area contributed by atoms with Gasteiger partial charge < -0.3 is 4.74 Å².